The maximum atomic E-state index is 11.1. The Hall–Kier alpha value is -0.370. The van der Waals surface area contributed by atoms with Crippen LogP contribution < -0.4 is 0 Å². The van der Waals surface area contributed by atoms with Crippen molar-refractivity contribution < 1.29 is 9.53 Å². The van der Waals surface area contributed by atoms with Crippen LogP contribution in [-0.4, -0.2) is 18.5 Å². The SMILES string of the molecule is O=C1CC[C@H]2CCCC[C@@H]2OC1. The first-order valence-electron chi connectivity index (χ1n) is 4.99. The second kappa shape index (κ2) is 3.56. The predicted molar refractivity (Wildman–Crippen MR) is 45.9 cm³/mol. The summed E-state index contributed by atoms with van der Waals surface area (Å²) >= 11 is 0. The zero-order valence-corrected chi connectivity index (χ0v) is 7.42. The molecule has 2 fully saturated rings. The van der Waals surface area contributed by atoms with E-state index in [0.29, 0.717) is 24.4 Å². The highest BCUT2D eigenvalue weighted by atomic mass is 16.5. The fraction of sp³-hybridized carbons (Fsp3) is 0.900. The first kappa shape index (κ1) is 8.24. The van der Waals surface area contributed by atoms with Gasteiger partial charge in [0, 0.05) is 6.42 Å². The third-order valence-electron chi connectivity index (χ3n) is 3.09. The van der Waals surface area contributed by atoms with E-state index in [1.54, 1.807) is 0 Å². The maximum Gasteiger partial charge on any atom is 0.158 e. The van der Waals surface area contributed by atoms with Gasteiger partial charge >= 0.3 is 0 Å². The number of carbonyl (C=O) groups excluding carboxylic acids is 1. The number of ketones is 1. The molecule has 1 heterocycles. The molecule has 0 unspecified atom stereocenters. The molecule has 0 spiro atoms. The van der Waals surface area contributed by atoms with Gasteiger partial charge < -0.3 is 4.74 Å². The molecule has 0 bridgehead atoms. The van der Waals surface area contributed by atoms with Crippen molar-refractivity contribution >= 4 is 5.78 Å². The van der Waals surface area contributed by atoms with E-state index >= 15 is 0 Å². The molecule has 0 amide bonds. The second-order valence-electron chi connectivity index (χ2n) is 3.97. The Morgan fingerprint density at radius 3 is 2.92 bits per heavy atom. The lowest BCUT2D eigenvalue weighted by molar-refractivity contribution is -0.124. The number of fused-ring (bicyclic) bond motifs is 1. The van der Waals surface area contributed by atoms with Crippen molar-refractivity contribution in [2.45, 2.75) is 44.6 Å². The summed E-state index contributed by atoms with van der Waals surface area (Å²) in [5, 5.41) is 0. The Kier molecular flexibility index (Phi) is 2.45. The first-order chi connectivity index (χ1) is 5.86. The summed E-state index contributed by atoms with van der Waals surface area (Å²) in [5.41, 5.74) is 0. The molecule has 1 saturated heterocycles. The van der Waals surface area contributed by atoms with Gasteiger partial charge in [-0.3, -0.25) is 4.79 Å². The fourth-order valence-electron chi connectivity index (χ4n) is 2.34. The monoisotopic (exact) mass is 168 g/mol. The van der Waals surface area contributed by atoms with Crippen molar-refractivity contribution in [3.63, 3.8) is 0 Å². The van der Waals surface area contributed by atoms with Crippen LogP contribution in [-0.2, 0) is 9.53 Å². The van der Waals surface area contributed by atoms with Crippen LogP contribution in [0.1, 0.15) is 38.5 Å². The fourth-order valence-corrected chi connectivity index (χ4v) is 2.34. The Balaban J connectivity index is 1.98. The normalized spacial score (nSPS) is 37.2. The van der Waals surface area contributed by atoms with Crippen LogP contribution in [0, 0.1) is 5.92 Å². The number of rotatable bonds is 0. The zero-order valence-electron chi connectivity index (χ0n) is 7.42. The van der Waals surface area contributed by atoms with Gasteiger partial charge in [-0.1, -0.05) is 12.8 Å². The van der Waals surface area contributed by atoms with Crippen molar-refractivity contribution in [2.75, 3.05) is 6.61 Å². The maximum absolute atomic E-state index is 11.1. The lowest BCUT2D eigenvalue weighted by atomic mass is 9.84. The number of Topliss-reactive ketones (excluding diaryl/α,β-unsaturated/α-hetero) is 1. The van der Waals surface area contributed by atoms with Crippen molar-refractivity contribution in [3.8, 4) is 0 Å². The highest BCUT2D eigenvalue weighted by Crippen LogP contribution is 2.31. The van der Waals surface area contributed by atoms with Crippen LogP contribution >= 0.6 is 0 Å². The van der Waals surface area contributed by atoms with E-state index in [1.807, 2.05) is 0 Å². The highest BCUT2D eigenvalue weighted by molar-refractivity contribution is 5.79. The van der Waals surface area contributed by atoms with E-state index in [-0.39, 0.29) is 0 Å². The summed E-state index contributed by atoms with van der Waals surface area (Å²) in [6.45, 7) is 0.376. The molecule has 0 aromatic heterocycles. The Bertz CT molecular complexity index is 159. The number of hydrogen-bond donors (Lipinski definition) is 0. The second-order valence-corrected chi connectivity index (χ2v) is 3.97. The first-order valence-corrected chi connectivity index (χ1v) is 4.99. The van der Waals surface area contributed by atoms with E-state index in [1.165, 1.54) is 25.7 Å². The summed E-state index contributed by atoms with van der Waals surface area (Å²) in [4.78, 5) is 11.1. The van der Waals surface area contributed by atoms with Crippen LogP contribution in [0.5, 0.6) is 0 Å². The van der Waals surface area contributed by atoms with Gasteiger partial charge in [0.15, 0.2) is 5.78 Å². The smallest absolute Gasteiger partial charge is 0.158 e. The Morgan fingerprint density at radius 1 is 1.17 bits per heavy atom. The molecule has 1 aliphatic carbocycles. The van der Waals surface area contributed by atoms with Crippen LogP contribution in [0.15, 0.2) is 0 Å². The minimum atomic E-state index is 0.296. The largest absolute Gasteiger partial charge is 0.370 e. The van der Waals surface area contributed by atoms with Gasteiger partial charge in [-0.05, 0) is 25.2 Å². The van der Waals surface area contributed by atoms with Crippen LogP contribution in [0.25, 0.3) is 0 Å². The molecule has 0 radical (unpaired) electrons. The molecule has 1 aliphatic heterocycles. The lowest BCUT2D eigenvalue weighted by Crippen LogP contribution is -2.26. The van der Waals surface area contributed by atoms with Crippen molar-refractivity contribution in [3.05, 3.63) is 0 Å². The van der Waals surface area contributed by atoms with Gasteiger partial charge in [0.05, 0.1) is 6.10 Å². The summed E-state index contributed by atoms with van der Waals surface area (Å²) in [7, 11) is 0. The van der Waals surface area contributed by atoms with Crippen LogP contribution in [0.3, 0.4) is 0 Å². The third kappa shape index (κ3) is 1.69. The molecule has 2 nitrogen and oxygen atoms in total. The molecule has 68 valence electrons. The summed E-state index contributed by atoms with van der Waals surface area (Å²) in [6, 6.07) is 0. The van der Waals surface area contributed by atoms with Gasteiger partial charge in [0.1, 0.15) is 6.61 Å². The summed E-state index contributed by atoms with van der Waals surface area (Å²) < 4.78 is 5.57. The van der Waals surface area contributed by atoms with E-state index in [2.05, 4.69) is 0 Å². The molecule has 0 aromatic rings. The Labute approximate surface area is 73.3 Å². The number of hydrogen-bond acceptors (Lipinski definition) is 2. The Morgan fingerprint density at radius 2 is 2.00 bits per heavy atom. The van der Waals surface area contributed by atoms with E-state index in [4.69, 9.17) is 4.74 Å². The molecule has 2 rings (SSSR count). The highest BCUT2D eigenvalue weighted by Gasteiger charge is 2.29. The van der Waals surface area contributed by atoms with Gasteiger partial charge in [0.2, 0.25) is 0 Å². The van der Waals surface area contributed by atoms with E-state index in [0.717, 1.165) is 12.8 Å². The van der Waals surface area contributed by atoms with Gasteiger partial charge in [-0.25, -0.2) is 0 Å². The van der Waals surface area contributed by atoms with Gasteiger partial charge in [-0.2, -0.15) is 0 Å². The molecule has 2 atom stereocenters. The standard InChI is InChI=1S/C10H16O2/c11-9-6-5-8-3-1-2-4-10(8)12-7-9/h8,10H,1-7H2/t8-,10+/m1/s1. The lowest BCUT2D eigenvalue weighted by Gasteiger charge is -2.28. The molecule has 1 saturated carbocycles. The van der Waals surface area contributed by atoms with Crippen molar-refractivity contribution in [1.82, 2.24) is 0 Å². The van der Waals surface area contributed by atoms with Gasteiger partial charge in [0.25, 0.3) is 0 Å². The van der Waals surface area contributed by atoms with Crippen molar-refractivity contribution in [1.29, 1.82) is 0 Å². The minimum Gasteiger partial charge on any atom is -0.370 e. The summed E-state index contributed by atoms with van der Waals surface area (Å²) in [5.74, 6) is 0.981. The van der Waals surface area contributed by atoms with E-state index < -0.39 is 0 Å². The molecular formula is C10H16O2. The third-order valence-corrected chi connectivity index (χ3v) is 3.09. The zero-order chi connectivity index (χ0) is 8.39. The van der Waals surface area contributed by atoms with E-state index in [9.17, 15) is 4.79 Å². The summed E-state index contributed by atoms with van der Waals surface area (Å²) in [6.07, 6.45) is 7.31. The van der Waals surface area contributed by atoms with Crippen molar-refractivity contribution in [2.24, 2.45) is 5.92 Å². The number of carbonyl (C=O) groups is 1. The minimum absolute atomic E-state index is 0.296. The van der Waals surface area contributed by atoms with Gasteiger partial charge in [-0.15, -0.1) is 0 Å². The average Bonchev–Trinajstić information content (AvgIpc) is 2.29. The van der Waals surface area contributed by atoms with Crippen LogP contribution in [0.4, 0.5) is 0 Å². The molecule has 12 heavy (non-hydrogen) atoms. The van der Waals surface area contributed by atoms with Crippen LogP contribution in [0.2, 0.25) is 0 Å². The molecule has 2 aliphatic rings. The number of ether oxygens (including phenoxy) is 1. The quantitative estimate of drug-likeness (QED) is 0.552. The molecule has 0 aromatic carbocycles. The molecular weight excluding hydrogens is 152 g/mol. The topological polar surface area (TPSA) is 26.3 Å². The molecule has 0 N–H and O–H groups in total. The molecule has 2 heteroatoms. The average molecular weight is 168 g/mol. The predicted octanol–water partition coefficient (Wildman–Crippen LogP) is 1.92.